The molecule has 2 N–H and O–H groups in total. The van der Waals surface area contributed by atoms with Crippen LogP contribution in [0.3, 0.4) is 0 Å². The van der Waals surface area contributed by atoms with Crippen molar-refractivity contribution in [1.29, 1.82) is 0 Å². The summed E-state index contributed by atoms with van der Waals surface area (Å²) < 4.78 is 4.93. The highest BCUT2D eigenvalue weighted by Gasteiger charge is 2.25. The van der Waals surface area contributed by atoms with Gasteiger partial charge in [0.05, 0.1) is 12.6 Å². The van der Waals surface area contributed by atoms with Crippen LogP contribution in [0.1, 0.15) is 6.42 Å². The highest BCUT2D eigenvalue weighted by Crippen LogP contribution is 2.05. The number of nitrogens with zero attached hydrogens (tertiary/aromatic N) is 3. The third-order valence-corrected chi connectivity index (χ3v) is 3.49. The van der Waals surface area contributed by atoms with Crippen molar-refractivity contribution >= 4 is 11.8 Å². The van der Waals surface area contributed by atoms with Crippen molar-refractivity contribution in [3.63, 3.8) is 0 Å². The van der Waals surface area contributed by atoms with E-state index in [0.717, 1.165) is 0 Å². The summed E-state index contributed by atoms with van der Waals surface area (Å²) in [6, 6.07) is -0.495. The average molecular weight is 286 g/mol. The van der Waals surface area contributed by atoms with Gasteiger partial charge in [-0.1, -0.05) is 0 Å². The van der Waals surface area contributed by atoms with Gasteiger partial charge in [0.2, 0.25) is 11.8 Å². The minimum absolute atomic E-state index is 0.0272. The molecule has 1 unspecified atom stereocenters. The van der Waals surface area contributed by atoms with Crippen LogP contribution in [0.2, 0.25) is 0 Å². The van der Waals surface area contributed by atoms with Gasteiger partial charge in [0, 0.05) is 54.0 Å². The van der Waals surface area contributed by atoms with E-state index in [1.807, 2.05) is 0 Å². The lowest BCUT2D eigenvalue weighted by molar-refractivity contribution is -0.135. The van der Waals surface area contributed by atoms with Crippen LogP contribution >= 0.6 is 0 Å². The van der Waals surface area contributed by atoms with Crippen LogP contribution in [-0.2, 0) is 14.3 Å². The van der Waals surface area contributed by atoms with E-state index in [-0.39, 0.29) is 11.8 Å². The van der Waals surface area contributed by atoms with Crippen molar-refractivity contribution in [2.45, 2.75) is 12.5 Å². The molecule has 116 valence electrons. The zero-order chi connectivity index (χ0) is 15.1. The van der Waals surface area contributed by atoms with E-state index in [1.54, 1.807) is 31.0 Å². The van der Waals surface area contributed by atoms with Crippen LogP contribution in [0.25, 0.3) is 0 Å². The molecule has 1 rings (SSSR count). The highest BCUT2D eigenvalue weighted by atomic mass is 16.5. The van der Waals surface area contributed by atoms with Crippen molar-refractivity contribution in [1.82, 2.24) is 14.7 Å². The van der Waals surface area contributed by atoms with Crippen molar-refractivity contribution in [2.75, 3.05) is 60.5 Å². The van der Waals surface area contributed by atoms with E-state index < -0.39 is 6.04 Å². The quantitative estimate of drug-likeness (QED) is 0.648. The number of hydrogen-bond acceptors (Lipinski definition) is 5. The van der Waals surface area contributed by atoms with Crippen LogP contribution in [0.5, 0.6) is 0 Å². The number of carbonyl (C=O) groups excluding carboxylic acids is 2. The first-order valence-electron chi connectivity index (χ1n) is 6.91. The van der Waals surface area contributed by atoms with Gasteiger partial charge in [0.25, 0.3) is 0 Å². The fourth-order valence-electron chi connectivity index (χ4n) is 2.06. The molecule has 1 saturated heterocycles. The van der Waals surface area contributed by atoms with Gasteiger partial charge in [0.1, 0.15) is 0 Å². The third-order valence-electron chi connectivity index (χ3n) is 3.49. The first-order chi connectivity index (χ1) is 9.45. The molecule has 0 saturated carbocycles. The Balaban J connectivity index is 2.34. The molecule has 0 spiro atoms. The summed E-state index contributed by atoms with van der Waals surface area (Å²) in [5, 5.41) is 0. The van der Waals surface area contributed by atoms with E-state index >= 15 is 0 Å². The number of amides is 2. The Labute approximate surface area is 120 Å². The summed E-state index contributed by atoms with van der Waals surface area (Å²) in [6.45, 7) is 3.57. The Bertz CT molecular complexity index is 328. The number of methoxy groups -OCH3 is 1. The summed E-state index contributed by atoms with van der Waals surface area (Å²) in [6.07, 6.45) is 0.536. The van der Waals surface area contributed by atoms with E-state index in [4.69, 9.17) is 10.5 Å². The Kier molecular flexibility index (Phi) is 6.90. The maximum absolute atomic E-state index is 12.1. The van der Waals surface area contributed by atoms with Gasteiger partial charge in [-0.25, -0.2) is 0 Å². The zero-order valence-corrected chi connectivity index (χ0v) is 12.7. The smallest absolute Gasteiger partial charge is 0.239 e. The number of ether oxygens (including phenoxy) is 1. The molecular weight excluding hydrogens is 260 g/mol. The summed E-state index contributed by atoms with van der Waals surface area (Å²) in [5.74, 6) is 0.0576. The number of carbonyl (C=O) groups is 2. The molecule has 20 heavy (non-hydrogen) atoms. The van der Waals surface area contributed by atoms with Crippen molar-refractivity contribution < 1.29 is 14.3 Å². The minimum atomic E-state index is -0.495. The molecule has 0 bridgehead atoms. The van der Waals surface area contributed by atoms with Gasteiger partial charge in [-0.2, -0.15) is 0 Å². The number of likely N-dealkylation sites (N-methyl/N-ethyl adjacent to an activating group) is 1. The van der Waals surface area contributed by atoms with Gasteiger partial charge in [-0.3, -0.25) is 14.5 Å². The van der Waals surface area contributed by atoms with Crippen LogP contribution in [0, 0.1) is 0 Å². The average Bonchev–Trinajstić information content (AvgIpc) is 2.44. The van der Waals surface area contributed by atoms with Crippen LogP contribution < -0.4 is 5.73 Å². The third kappa shape index (κ3) is 5.07. The van der Waals surface area contributed by atoms with E-state index in [1.165, 1.54) is 0 Å². The standard InChI is InChI=1S/C13H26N4O3/c1-15(2)12(18)10-16-5-7-17(8-6-16)13(19)11(14)4-9-20-3/h11H,4-10,14H2,1-3H3. The van der Waals surface area contributed by atoms with Gasteiger partial charge in [0.15, 0.2) is 0 Å². The fraction of sp³-hybridized carbons (Fsp3) is 0.846. The normalized spacial score (nSPS) is 17.9. The SMILES string of the molecule is COCCC(N)C(=O)N1CCN(CC(=O)N(C)C)CC1. The van der Waals surface area contributed by atoms with Gasteiger partial charge in [-0.05, 0) is 6.42 Å². The molecule has 1 atom stereocenters. The Hall–Kier alpha value is -1.18. The predicted molar refractivity (Wildman–Crippen MR) is 76.2 cm³/mol. The molecule has 0 aliphatic carbocycles. The van der Waals surface area contributed by atoms with Crippen LogP contribution in [0.15, 0.2) is 0 Å². The van der Waals surface area contributed by atoms with Crippen molar-refractivity contribution in [3.05, 3.63) is 0 Å². The number of nitrogens with two attached hydrogens (primary N) is 1. The molecule has 1 heterocycles. The summed E-state index contributed by atoms with van der Waals surface area (Å²) in [7, 11) is 5.09. The van der Waals surface area contributed by atoms with E-state index in [0.29, 0.717) is 45.8 Å². The predicted octanol–water partition coefficient (Wildman–Crippen LogP) is -1.42. The monoisotopic (exact) mass is 286 g/mol. The summed E-state index contributed by atoms with van der Waals surface area (Å²) in [4.78, 5) is 29.1. The summed E-state index contributed by atoms with van der Waals surface area (Å²) >= 11 is 0. The Morgan fingerprint density at radius 2 is 1.85 bits per heavy atom. The molecular formula is C13H26N4O3. The van der Waals surface area contributed by atoms with Gasteiger partial charge < -0.3 is 20.3 Å². The van der Waals surface area contributed by atoms with Crippen molar-refractivity contribution in [2.24, 2.45) is 5.73 Å². The Morgan fingerprint density at radius 3 is 2.35 bits per heavy atom. The second-order valence-electron chi connectivity index (χ2n) is 5.28. The second-order valence-corrected chi connectivity index (χ2v) is 5.28. The van der Waals surface area contributed by atoms with Gasteiger partial charge >= 0.3 is 0 Å². The lowest BCUT2D eigenvalue weighted by Crippen LogP contribution is -2.54. The molecule has 0 aromatic rings. The summed E-state index contributed by atoms with van der Waals surface area (Å²) in [5.41, 5.74) is 5.84. The highest BCUT2D eigenvalue weighted by molar-refractivity contribution is 5.82. The van der Waals surface area contributed by atoms with Gasteiger partial charge in [-0.15, -0.1) is 0 Å². The first kappa shape index (κ1) is 16.9. The van der Waals surface area contributed by atoms with E-state index in [2.05, 4.69) is 4.90 Å². The zero-order valence-electron chi connectivity index (χ0n) is 12.7. The molecule has 1 aliphatic rings. The number of rotatable bonds is 6. The lowest BCUT2D eigenvalue weighted by atomic mass is 10.2. The second kappa shape index (κ2) is 8.18. The maximum atomic E-state index is 12.1. The molecule has 0 aromatic carbocycles. The number of hydrogen-bond donors (Lipinski definition) is 1. The molecule has 2 amide bonds. The largest absolute Gasteiger partial charge is 0.385 e. The maximum Gasteiger partial charge on any atom is 0.239 e. The molecule has 1 fully saturated rings. The van der Waals surface area contributed by atoms with Crippen LogP contribution in [-0.4, -0.2) is 93.1 Å². The molecule has 0 aromatic heterocycles. The molecule has 7 nitrogen and oxygen atoms in total. The van der Waals surface area contributed by atoms with E-state index in [9.17, 15) is 9.59 Å². The topological polar surface area (TPSA) is 79.1 Å². The molecule has 0 radical (unpaired) electrons. The lowest BCUT2D eigenvalue weighted by Gasteiger charge is -2.35. The van der Waals surface area contributed by atoms with Crippen LogP contribution in [0.4, 0.5) is 0 Å². The first-order valence-corrected chi connectivity index (χ1v) is 6.91. The van der Waals surface area contributed by atoms with Crippen molar-refractivity contribution in [3.8, 4) is 0 Å². The molecule has 7 heteroatoms. The minimum Gasteiger partial charge on any atom is -0.385 e. The molecule has 1 aliphatic heterocycles. The fourth-order valence-corrected chi connectivity index (χ4v) is 2.06. The number of piperazine rings is 1. The Morgan fingerprint density at radius 1 is 1.25 bits per heavy atom.